The first-order valence-electron chi connectivity index (χ1n) is 5.94. The Balaban J connectivity index is 2.25. The van der Waals surface area contributed by atoms with Gasteiger partial charge in [-0.25, -0.2) is 0 Å². The summed E-state index contributed by atoms with van der Waals surface area (Å²) in [4.78, 5) is 17.0. The monoisotopic (exact) mass is 252 g/mol. The van der Waals surface area contributed by atoms with Crippen LogP contribution >= 0.6 is 0 Å². The van der Waals surface area contributed by atoms with Crippen molar-refractivity contribution in [3.05, 3.63) is 30.1 Å². The molecule has 1 heterocycles. The van der Waals surface area contributed by atoms with Gasteiger partial charge < -0.3 is 14.7 Å². The first-order chi connectivity index (χ1) is 8.61. The summed E-state index contributed by atoms with van der Waals surface area (Å²) >= 11 is 0. The van der Waals surface area contributed by atoms with Crippen LogP contribution in [0.3, 0.4) is 0 Å². The number of carbonyl (C=O) groups excluding carboxylic acids is 1. The average molecular weight is 252 g/mol. The molecule has 0 saturated carbocycles. The molecule has 0 amide bonds. The topological polar surface area (TPSA) is 62.7 Å². The SMILES string of the molecule is COC(=O)CC(O)CN(C)CCc1cccnc1. The van der Waals surface area contributed by atoms with Crippen molar-refractivity contribution in [1.82, 2.24) is 9.88 Å². The number of pyridine rings is 1. The predicted octanol–water partition coefficient (Wildman–Crippen LogP) is 0.480. The molecule has 0 fully saturated rings. The number of aliphatic hydroxyl groups excluding tert-OH is 1. The number of rotatable bonds is 7. The second-order valence-corrected chi connectivity index (χ2v) is 4.31. The third-order valence-corrected chi connectivity index (χ3v) is 2.66. The van der Waals surface area contributed by atoms with Gasteiger partial charge in [0.05, 0.1) is 19.6 Å². The zero-order valence-electron chi connectivity index (χ0n) is 10.9. The number of carbonyl (C=O) groups is 1. The number of nitrogens with zero attached hydrogens (tertiary/aromatic N) is 2. The molecule has 1 rings (SSSR count). The van der Waals surface area contributed by atoms with Gasteiger partial charge in [-0.1, -0.05) is 6.07 Å². The number of hydrogen-bond donors (Lipinski definition) is 1. The quantitative estimate of drug-likeness (QED) is 0.715. The number of likely N-dealkylation sites (N-methyl/N-ethyl adjacent to an activating group) is 1. The minimum Gasteiger partial charge on any atom is -0.469 e. The molecule has 0 radical (unpaired) electrons. The summed E-state index contributed by atoms with van der Waals surface area (Å²) < 4.78 is 4.51. The van der Waals surface area contributed by atoms with E-state index in [2.05, 4.69) is 9.72 Å². The Bertz CT molecular complexity index is 357. The molecule has 0 spiro atoms. The number of ether oxygens (including phenoxy) is 1. The lowest BCUT2D eigenvalue weighted by atomic mass is 10.2. The van der Waals surface area contributed by atoms with E-state index in [1.807, 2.05) is 30.3 Å². The summed E-state index contributed by atoms with van der Waals surface area (Å²) in [6, 6.07) is 3.92. The molecule has 0 aliphatic heterocycles. The molecule has 1 atom stereocenters. The summed E-state index contributed by atoms with van der Waals surface area (Å²) in [6.45, 7) is 1.26. The van der Waals surface area contributed by atoms with Crippen LogP contribution in [0.5, 0.6) is 0 Å². The third-order valence-electron chi connectivity index (χ3n) is 2.66. The largest absolute Gasteiger partial charge is 0.469 e. The Morgan fingerprint density at radius 3 is 3.00 bits per heavy atom. The van der Waals surface area contributed by atoms with Crippen LogP contribution in [-0.4, -0.2) is 54.3 Å². The molecule has 5 heteroatoms. The van der Waals surface area contributed by atoms with Gasteiger partial charge in [-0.2, -0.15) is 0 Å². The molecule has 100 valence electrons. The van der Waals surface area contributed by atoms with Crippen LogP contribution in [-0.2, 0) is 16.0 Å². The second-order valence-electron chi connectivity index (χ2n) is 4.31. The van der Waals surface area contributed by atoms with Gasteiger partial charge in [0.25, 0.3) is 0 Å². The second kappa shape index (κ2) is 7.79. The lowest BCUT2D eigenvalue weighted by Crippen LogP contribution is -2.32. The summed E-state index contributed by atoms with van der Waals surface area (Å²) in [5.41, 5.74) is 1.16. The molecular formula is C13H20N2O3. The highest BCUT2D eigenvalue weighted by Crippen LogP contribution is 2.01. The zero-order valence-corrected chi connectivity index (χ0v) is 10.9. The fourth-order valence-electron chi connectivity index (χ4n) is 1.66. The van der Waals surface area contributed by atoms with Crippen LogP contribution in [0.2, 0.25) is 0 Å². The minimum absolute atomic E-state index is 0.0354. The smallest absolute Gasteiger partial charge is 0.308 e. The molecule has 1 unspecified atom stereocenters. The van der Waals surface area contributed by atoms with E-state index in [4.69, 9.17) is 0 Å². The molecule has 0 aliphatic rings. The van der Waals surface area contributed by atoms with Gasteiger partial charge in [-0.3, -0.25) is 9.78 Å². The van der Waals surface area contributed by atoms with Crippen molar-refractivity contribution in [2.24, 2.45) is 0 Å². The van der Waals surface area contributed by atoms with Crippen molar-refractivity contribution in [2.45, 2.75) is 18.9 Å². The highest BCUT2D eigenvalue weighted by Gasteiger charge is 2.13. The van der Waals surface area contributed by atoms with Gasteiger partial charge in [0.2, 0.25) is 0 Å². The van der Waals surface area contributed by atoms with E-state index in [1.165, 1.54) is 7.11 Å². The highest BCUT2D eigenvalue weighted by atomic mass is 16.5. The first-order valence-corrected chi connectivity index (χ1v) is 5.94. The molecule has 0 bridgehead atoms. The van der Waals surface area contributed by atoms with Crippen LogP contribution in [0.25, 0.3) is 0 Å². The van der Waals surface area contributed by atoms with Crippen LogP contribution in [0, 0.1) is 0 Å². The van der Waals surface area contributed by atoms with Crippen molar-refractivity contribution >= 4 is 5.97 Å². The Morgan fingerprint density at radius 2 is 2.39 bits per heavy atom. The fourth-order valence-corrected chi connectivity index (χ4v) is 1.66. The van der Waals surface area contributed by atoms with Crippen molar-refractivity contribution in [1.29, 1.82) is 0 Å². The normalized spacial score (nSPS) is 12.4. The molecule has 18 heavy (non-hydrogen) atoms. The highest BCUT2D eigenvalue weighted by molar-refractivity contribution is 5.69. The molecule has 0 saturated heterocycles. The van der Waals surface area contributed by atoms with E-state index >= 15 is 0 Å². The van der Waals surface area contributed by atoms with Gasteiger partial charge in [0.1, 0.15) is 0 Å². The summed E-state index contributed by atoms with van der Waals surface area (Å²) in [5, 5.41) is 9.66. The van der Waals surface area contributed by atoms with Crippen molar-refractivity contribution in [3.8, 4) is 0 Å². The first kappa shape index (κ1) is 14.6. The summed E-state index contributed by atoms with van der Waals surface area (Å²) in [6.07, 6.45) is 3.80. The molecule has 1 aromatic heterocycles. The molecule has 1 aromatic rings. The Hall–Kier alpha value is -1.46. The van der Waals surface area contributed by atoms with E-state index in [1.54, 1.807) is 6.20 Å². The number of hydrogen-bond acceptors (Lipinski definition) is 5. The maximum absolute atomic E-state index is 11.0. The number of methoxy groups -OCH3 is 1. The van der Waals surface area contributed by atoms with Gasteiger partial charge >= 0.3 is 5.97 Å². The molecule has 1 N–H and O–H groups in total. The van der Waals surface area contributed by atoms with E-state index in [9.17, 15) is 9.90 Å². The van der Waals surface area contributed by atoms with Gasteiger partial charge in [-0.05, 0) is 25.1 Å². The average Bonchev–Trinajstić information content (AvgIpc) is 2.37. The fraction of sp³-hybridized carbons (Fsp3) is 0.538. The Kier molecular flexibility index (Phi) is 6.32. The molecule has 0 aliphatic carbocycles. The van der Waals surface area contributed by atoms with E-state index in [0.29, 0.717) is 6.54 Å². The third kappa shape index (κ3) is 5.75. The van der Waals surface area contributed by atoms with Crippen LogP contribution in [0.4, 0.5) is 0 Å². The van der Waals surface area contributed by atoms with Crippen LogP contribution in [0.1, 0.15) is 12.0 Å². The van der Waals surface area contributed by atoms with Gasteiger partial charge in [-0.15, -0.1) is 0 Å². The molecule has 0 aromatic carbocycles. The molecular weight excluding hydrogens is 232 g/mol. The summed E-state index contributed by atoms with van der Waals surface area (Å²) in [5.74, 6) is -0.386. The van der Waals surface area contributed by atoms with Crippen molar-refractivity contribution < 1.29 is 14.6 Å². The number of aliphatic hydroxyl groups is 1. The number of aromatic nitrogens is 1. The number of esters is 1. The predicted molar refractivity (Wildman–Crippen MR) is 68.1 cm³/mol. The maximum Gasteiger partial charge on any atom is 0.308 e. The standard InChI is InChI=1S/C13H20N2O3/c1-15(10-12(16)8-13(17)18-2)7-5-11-4-3-6-14-9-11/h3-4,6,9,12,16H,5,7-8,10H2,1-2H3. The van der Waals surface area contributed by atoms with Crippen LogP contribution in [0.15, 0.2) is 24.5 Å². The van der Waals surface area contributed by atoms with Gasteiger partial charge in [0, 0.05) is 25.5 Å². The van der Waals surface area contributed by atoms with E-state index in [-0.39, 0.29) is 12.4 Å². The maximum atomic E-state index is 11.0. The molecule has 5 nitrogen and oxygen atoms in total. The lowest BCUT2D eigenvalue weighted by Gasteiger charge is -2.19. The zero-order chi connectivity index (χ0) is 13.4. The van der Waals surface area contributed by atoms with E-state index in [0.717, 1.165) is 18.5 Å². The van der Waals surface area contributed by atoms with Crippen molar-refractivity contribution in [3.63, 3.8) is 0 Å². The van der Waals surface area contributed by atoms with Crippen LogP contribution < -0.4 is 0 Å². The Labute approximate surface area is 107 Å². The Morgan fingerprint density at radius 1 is 1.61 bits per heavy atom. The summed E-state index contributed by atoms with van der Waals surface area (Å²) in [7, 11) is 3.23. The van der Waals surface area contributed by atoms with Gasteiger partial charge in [0.15, 0.2) is 0 Å². The lowest BCUT2D eigenvalue weighted by molar-refractivity contribution is -0.143. The van der Waals surface area contributed by atoms with Crippen molar-refractivity contribution in [2.75, 3.05) is 27.2 Å². The minimum atomic E-state index is -0.684. The van der Waals surface area contributed by atoms with E-state index < -0.39 is 6.10 Å².